The summed E-state index contributed by atoms with van der Waals surface area (Å²) in [6.45, 7) is 0. The number of anilines is 1. The lowest BCUT2D eigenvalue weighted by molar-refractivity contribution is -0.387. The van der Waals surface area contributed by atoms with E-state index in [0.717, 1.165) is 18.2 Å². The first kappa shape index (κ1) is 23.5. The molecule has 5 nitrogen and oxygen atoms in total. The number of halogens is 9. The molecule has 0 aromatic heterocycles. The molecule has 0 heterocycles. The molecule has 0 saturated carbocycles. The van der Waals surface area contributed by atoms with E-state index in [1.807, 2.05) is 5.32 Å². The van der Waals surface area contributed by atoms with Gasteiger partial charge in [-0.1, -0.05) is 12.1 Å². The van der Waals surface area contributed by atoms with Gasteiger partial charge in [-0.3, -0.25) is 14.9 Å². The summed E-state index contributed by atoms with van der Waals surface area (Å²) >= 11 is 2.61. The van der Waals surface area contributed by atoms with Gasteiger partial charge in [-0.25, -0.2) is 4.39 Å². The number of nitro groups is 1. The van der Waals surface area contributed by atoms with Crippen LogP contribution >= 0.6 is 15.9 Å². The molecule has 1 amide bonds. The number of nitrogens with zero attached hydrogens (tertiary/aromatic N) is 1. The molecule has 0 saturated heterocycles. The predicted octanol–water partition coefficient (Wildman–Crippen LogP) is 6.04. The van der Waals surface area contributed by atoms with Crippen LogP contribution in [0, 0.1) is 15.9 Å². The minimum atomic E-state index is -6.33. The molecule has 0 bridgehead atoms. The Hall–Kier alpha value is -2.77. The van der Waals surface area contributed by atoms with Gasteiger partial charge >= 0.3 is 23.7 Å². The Morgan fingerprint density at radius 1 is 1.00 bits per heavy atom. The third-order valence-corrected chi connectivity index (χ3v) is 4.47. The summed E-state index contributed by atoms with van der Waals surface area (Å²) in [7, 11) is 0. The average molecular weight is 507 g/mol. The molecular formula is C16H7BrF8N2O3. The lowest BCUT2D eigenvalue weighted by Gasteiger charge is -2.30. The van der Waals surface area contributed by atoms with Crippen LogP contribution < -0.4 is 5.32 Å². The van der Waals surface area contributed by atoms with Crippen molar-refractivity contribution in [3.63, 3.8) is 0 Å². The average Bonchev–Trinajstić information content (AvgIpc) is 2.60. The van der Waals surface area contributed by atoms with Gasteiger partial charge in [0, 0.05) is 16.1 Å². The zero-order valence-electron chi connectivity index (χ0n) is 14.0. The minimum absolute atomic E-state index is 0.144. The van der Waals surface area contributed by atoms with E-state index in [1.54, 1.807) is 0 Å². The van der Waals surface area contributed by atoms with Gasteiger partial charge in [0.05, 0.1) is 16.2 Å². The van der Waals surface area contributed by atoms with Gasteiger partial charge in [0.15, 0.2) is 0 Å². The second-order valence-corrected chi connectivity index (χ2v) is 6.55. The largest absolute Gasteiger partial charge is 0.435 e. The van der Waals surface area contributed by atoms with Crippen LogP contribution in [0.4, 0.5) is 46.5 Å². The minimum Gasteiger partial charge on any atom is -0.321 e. The maximum Gasteiger partial charge on any atom is 0.435 e. The first-order valence-corrected chi connectivity index (χ1v) is 8.27. The van der Waals surface area contributed by atoms with Crippen molar-refractivity contribution in [3.05, 3.63) is 67.9 Å². The van der Waals surface area contributed by atoms with Crippen molar-refractivity contribution in [2.45, 2.75) is 18.0 Å². The highest BCUT2D eigenvalue weighted by molar-refractivity contribution is 9.10. The van der Waals surface area contributed by atoms with Gasteiger partial charge in [0.1, 0.15) is 0 Å². The number of carbonyl (C=O) groups excluding carboxylic acids is 1. The number of rotatable bonds is 4. The maximum atomic E-state index is 14.1. The van der Waals surface area contributed by atoms with Crippen LogP contribution in [0.2, 0.25) is 0 Å². The molecular weight excluding hydrogens is 500 g/mol. The highest BCUT2D eigenvalue weighted by Gasteiger charge is 2.73. The number of hydrogen-bond donors (Lipinski definition) is 1. The Kier molecular flexibility index (Phi) is 6.12. The van der Waals surface area contributed by atoms with Crippen LogP contribution in [0.3, 0.4) is 0 Å². The number of amides is 1. The lowest BCUT2D eigenvalue weighted by Crippen LogP contribution is -2.50. The van der Waals surface area contributed by atoms with Crippen molar-refractivity contribution in [2.75, 3.05) is 5.32 Å². The number of benzene rings is 2. The SMILES string of the molecule is O=C(Nc1ccc(C(F)(C(F)(F)F)C(F)(F)F)cc1Br)c1cccc([N+](=O)[O-])c1F. The third-order valence-electron chi connectivity index (χ3n) is 3.82. The van der Waals surface area contributed by atoms with Crippen LogP contribution in [0.5, 0.6) is 0 Å². The molecule has 0 atom stereocenters. The van der Waals surface area contributed by atoms with Gasteiger partial charge in [-0.05, 0) is 34.1 Å². The van der Waals surface area contributed by atoms with E-state index in [0.29, 0.717) is 6.07 Å². The monoisotopic (exact) mass is 506 g/mol. The maximum absolute atomic E-state index is 14.1. The molecule has 0 aliphatic rings. The van der Waals surface area contributed by atoms with E-state index >= 15 is 0 Å². The first-order valence-electron chi connectivity index (χ1n) is 7.48. The molecule has 1 N–H and O–H groups in total. The van der Waals surface area contributed by atoms with Gasteiger partial charge < -0.3 is 5.32 Å². The van der Waals surface area contributed by atoms with E-state index in [-0.39, 0.29) is 12.1 Å². The van der Waals surface area contributed by atoms with Crippen LogP contribution in [0.1, 0.15) is 15.9 Å². The quantitative estimate of drug-likeness (QED) is 0.312. The molecule has 0 fully saturated rings. The normalized spacial score (nSPS) is 12.6. The summed E-state index contributed by atoms with van der Waals surface area (Å²) in [4.78, 5) is 21.7. The predicted molar refractivity (Wildman–Crippen MR) is 90.0 cm³/mol. The van der Waals surface area contributed by atoms with Crippen LogP contribution in [-0.2, 0) is 5.67 Å². The first-order chi connectivity index (χ1) is 13.6. The van der Waals surface area contributed by atoms with Crippen LogP contribution in [-0.4, -0.2) is 23.2 Å². The smallest absolute Gasteiger partial charge is 0.321 e. The second-order valence-electron chi connectivity index (χ2n) is 5.70. The summed E-state index contributed by atoms with van der Waals surface area (Å²) in [5.74, 6) is -2.80. The number of alkyl halides is 7. The number of hydrogen-bond acceptors (Lipinski definition) is 3. The molecule has 0 aliphatic heterocycles. The molecule has 14 heteroatoms. The Morgan fingerprint density at radius 2 is 1.57 bits per heavy atom. The highest BCUT2D eigenvalue weighted by atomic mass is 79.9. The van der Waals surface area contributed by atoms with Crippen LogP contribution in [0.25, 0.3) is 0 Å². The van der Waals surface area contributed by atoms with Crippen molar-refractivity contribution in [3.8, 4) is 0 Å². The Morgan fingerprint density at radius 3 is 2.03 bits per heavy atom. The molecule has 2 rings (SSSR count). The van der Waals surface area contributed by atoms with Crippen molar-refractivity contribution in [1.29, 1.82) is 0 Å². The summed E-state index contributed by atoms with van der Waals surface area (Å²) in [5.41, 5.74) is -9.78. The zero-order valence-corrected chi connectivity index (χ0v) is 15.6. The summed E-state index contributed by atoms with van der Waals surface area (Å²) < 4.78 is 104. The molecule has 0 unspecified atom stereocenters. The highest BCUT2D eigenvalue weighted by Crippen LogP contribution is 2.53. The topological polar surface area (TPSA) is 72.2 Å². The fraction of sp³-hybridized carbons (Fsp3) is 0.188. The van der Waals surface area contributed by atoms with Crippen molar-refractivity contribution < 1.29 is 44.8 Å². The van der Waals surface area contributed by atoms with E-state index in [2.05, 4.69) is 15.9 Å². The van der Waals surface area contributed by atoms with E-state index in [1.165, 1.54) is 0 Å². The van der Waals surface area contributed by atoms with E-state index in [4.69, 9.17) is 0 Å². The van der Waals surface area contributed by atoms with Gasteiger partial charge in [0.25, 0.3) is 5.91 Å². The van der Waals surface area contributed by atoms with Gasteiger partial charge in [-0.2, -0.15) is 30.7 Å². The van der Waals surface area contributed by atoms with Crippen molar-refractivity contribution in [1.82, 2.24) is 0 Å². The molecule has 2 aromatic rings. The van der Waals surface area contributed by atoms with Crippen molar-refractivity contribution in [2.24, 2.45) is 0 Å². The van der Waals surface area contributed by atoms with E-state index in [9.17, 15) is 50.0 Å². The zero-order chi connectivity index (χ0) is 23.1. The fourth-order valence-electron chi connectivity index (χ4n) is 2.34. The van der Waals surface area contributed by atoms with Gasteiger partial charge in [0.2, 0.25) is 5.82 Å². The molecule has 2 aromatic carbocycles. The van der Waals surface area contributed by atoms with E-state index < -0.39 is 61.6 Å². The summed E-state index contributed by atoms with van der Waals surface area (Å²) in [5, 5.41) is 12.7. The standard InChI is InChI=1S/C16H7BrF8N2O3/c17-9-6-7(14(19,15(20,21)22)16(23,24)25)4-5-10(9)26-13(28)8-2-1-3-11(12(8)18)27(29)30/h1-6H,(H,26,28). The lowest BCUT2D eigenvalue weighted by atomic mass is 9.94. The molecule has 0 aliphatic carbocycles. The summed E-state index contributed by atoms with van der Waals surface area (Å²) in [6, 6.07) is 3.44. The number of nitrogens with one attached hydrogen (secondary N) is 1. The molecule has 162 valence electrons. The second kappa shape index (κ2) is 7.81. The summed E-state index contributed by atoms with van der Waals surface area (Å²) in [6.07, 6.45) is -12.7. The van der Waals surface area contributed by atoms with Crippen molar-refractivity contribution >= 4 is 33.2 Å². The Balaban J connectivity index is 2.43. The van der Waals surface area contributed by atoms with Crippen LogP contribution in [0.15, 0.2) is 40.9 Å². The fourth-order valence-corrected chi connectivity index (χ4v) is 2.82. The number of carbonyl (C=O) groups is 1. The molecule has 30 heavy (non-hydrogen) atoms. The number of nitro benzene ring substituents is 1. The third kappa shape index (κ3) is 4.08. The Bertz CT molecular complexity index is 993. The molecule has 0 spiro atoms. The van der Waals surface area contributed by atoms with Gasteiger partial charge in [-0.15, -0.1) is 0 Å². The molecule has 0 radical (unpaired) electrons. The Labute approximate surface area is 170 Å².